The van der Waals surface area contributed by atoms with Crippen molar-refractivity contribution < 1.29 is 34.7 Å². The van der Waals surface area contributed by atoms with E-state index in [9.17, 15) is 20.1 Å². The second kappa shape index (κ2) is 12.6. The Balaban J connectivity index is 2.00. The Labute approximate surface area is 156 Å². The van der Waals surface area contributed by atoms with Crippen LogP contribution < -0.4 is 0 Å². The van der Waals surface area contributed by atoms with Gasteiger partial charge in [-0.2, -0.15) is 0 Å². The number of rotatable bonds is 13. The van der Waals surface area contributed by atoms with Crippen molar-refractivity contribution in [1.82, 2.24) is 0 Å². The third-order valence-corrected chi connectivity index (χ3v) is 4.86. The van der Waals surface area contributed by atoms with Gasteiger partial charge in [0, 0.05) is 6.42 Å². The minimum Gasteiger partial charge on any atom is -0.481 e. The second-order valence-electron chi connectivity index (χ2n) is 7.48. The van der Waals surface area contributed by atoms with Crippen LogP contribution in [0.3, 0.4) is 0 Å². The van der Waals surface area contributed by atoms with Crippen molar-refractivity contribution >= 4 is 5.97 Å². The molecule has 0 aliphatic carbocycles. The molecule has 7 nitrogen and oxygen atoms in total. The molecule has 0 amide bonds. The lowest BCUT2D eigenvalue weighted by atomic mass is 10.0. The quantitative estimate of drug-likeness (QED) is 0.364. The van der Waals surface area contributed by atoms with Gasteiger partial charge in [-0.1, -0.05) is 38.5 Å². The third kappa shape index (κ3) is 9.83. The lowest BCUT2D eigenvalue weighted by molar-refractivity contribution is -0.273. The number of unbranched alkanes of at least 4 members (excludes halogenated alkanes) is 5. The Morgan fingerprint density at radius 2 is 1.65 bits per heavy atom. The smallest absolute Gasteiger partial charge is 0.305 e. The summed E-state index contributed by atoms with van der Waals surface area (Å²) >= 11 is 0. The van der Waals surface area contributed by atoms with Crippen LogP contribution in [0.1, 0.15) is 78.1 Å². The molecule has 1 fully saturated rings. The average molecular weight is 376 g/mol. The predicted molar refractivity (Wildman–Crippen MR) is 96.7 cm³/mol. The van der Waals surface area contributed by atoms with E-state index >= 15 is 0 Å². The zero-order chi connectivity index (χ0) is 19.5. The van der Waals surface area contributed by atoms with Crippen LogP contribution in [0.4, 0.5) is 0 Å². The summed E-state index contributed by atoms with van der Waals surface area (Å²) < 4.78 is 11.3. The molecule has 26 heavy (non-hydrogen) atoms. The van der Waals surface area contributed by atoms with Gasteiger partial charge in [-0.15, -0.1) is 0 Å². The van der Waals surface area contributed by atoms with E-state index in [0.717, 1.165) is 44.9 Å². The fraction of sp³-hybridized carbons (Fsp3) is 0.947. The standard InChI is InChI=1S/C19H36O7/c1-13(25-19-17(22)12-16(21)14(2)26-19)9-7-5-3-4-6-8-10-15(20)11-18(23)24/h13-17,19-22H,3-12H2,1-2H3,(H,23,24)/t13-,14?,15+,16+,17?,19+/m0/s1. The molecule has 0 radical (unpaired) electrons. The molecule has 1 saturated heterocycles. The van der Waals surface area contributed by atoms with Crippen LogP contribution in [0.2, 0.25) is 0 Å². The van der Waals surface area contributed by atoms with Crippen molar-refractivity contribution in [3.05, 3.63) is 0 Å². The van der Waals surface area contributed by atoms with Crippen molar-refractivity contribution in [3.8, 4) is 0 Å². The Hall–Kier alpha value is -0.730. The Morgan fingerprint density at radius 3 is 2.27 bits per heavy atom. The maximum absolute atomic E-state index is 10.4. The number of carboxylic acids is 1. The average Bonchev–Trinajstić information content (AvgIpc) is 2.54. The van der Waals surface area contributed by atoms with Gasteiger partial charge in [0.2, 0.25) is 0 Å². The molecule has 0 aromatic rings. The molecule has 0 saturated carbocycles. The van der Waals surface area contributed by atoms with E-state index in [0.29, 0.717) is 6.42 Å². The Bertz CT molecular complexity index is 390. The first-order valence-electron chi connectivity index (χ1n) is 9.86. The molecule has 0 bridgehead atoms. The Kier molecular flexibility index (Phi) is 11.3. The van der Waals surface area contributed by atoms with Crippen molar-refractivity contribution in [3.63, 3.8) is 0 Å². The number of hydrogen-bond acceptors (Lipinski definition) is 6. The summed E-state index contributed by atoms with van der Waals surface area (Å²) in [5.74, 6) is -0.953. The summed E-state index contributed by atoms with van der Waals surface area (Å²) in [6.45, 7) is 3.74. The first-order chi connectivity index (χ1) is 12.3. The molecule has 6 atom stereocenters. The second-order valence-corrected chi connectivity index (χ2v) is 7.48. The van der Waals surface area contributed by atoms with Crippen molar-refractivity contribution in [2.75, 3.05) is 0 Å². The van der Waals surface area contributed by atoms with Gasteiger partial charge in [-0.25, -0.2) is 0 Å². The molecule has 1 heterocycles. The molecule has 0 spiro atoms. The highest BCUT2D eigenvalue weighted by atomic mass is 16.7. The number of hydrogen-bond donors (Lipinski definition) is 4. The third-order valence-electron chi connectivity index (χ3n) is 4.86. The van der Waals surface area contributed by atoms with Gasteiger partial charge in [-0.05, 0) is 26.7 Å². The maximum Gasteiger partial charge on any atom is 0.305 e. The highest BCUT2D eigenvalue weighted by Crippen LogP contribution is 2.23. The van der Waals surface area contributed by atoms with Gasteiger partial charge in [0.15, 0.2) is 6.29 Å². The summed E-state index contributed by atoms with van der Waals surface area (Å²) in [7, 11) is 0. The van der Waals surface area contributed by atoms with Crippen LogP contribution >= 0.6 is 0 Å². The van der Waals surface area contributed by atoms with Crippen molar-refractivity contribution in [2.45, 2.75) is 115 Å². The number of aliphatic hydroxyl groups excluding tert-OH is 3. The summed E-state index contributed by atoms with van der Waals surface area (Å²) in [4.78, 5) is 10.4. The van der Waals surface area contributed by atoms with Crippen LogP contribution in [0.25, 0.3) is 0 Å². The molecule has 0 aromatic heterocycles. The SMILES string of the molecule is CC1O[C@@H](O[C@@H](C)CCCCCCCC[C@@H](O)CC(=O)O)C(O)C[C@H]1O. The number of carboxylic acid groups (broad SMARTS) is 1. The summed E-state index contributed by atoms with van der Waals surface area (Å²) in [5, 5.41) is 37.6. The normalized spacial score (nSPS) is 28.7. The maximum atomic E-state index is 10.4. The lowest BCUT2D eigenvalue weighted by Gasteiger charge is -2.36. The van der Waals surface area contributed by atoms with Crippen molar-refractivity contribution in [1.29, 1.82) is 0 Å². The first-order valence-corrected chi connectivity index (χ1v) is 9.86. The monoisotopic (exact) mass is 376 g/mol. The Morgan fingerprint density at radius 1 is 1.08 bits per heavy atom. The van der Waals surface area contributed by atoms with Crippen molar-refractivity contribution in [2.24, 2.45) is 0 Å². The minimum absolute atomic E-state index is 0.0109. The molecule has 0 aromatic carbocycles. The molecule has 2 unspecified atom stereocenters. The van der Waals surface area contributed by atoms with E-state index in [2.05, 4.69) is 0 Å². The molecule has 1 aliphatic rings. The van der Waals surface area contributed by atoms with Gasteiger partial charge < -0.3 is 29.9 Å². The minimum atomic E-state index is -0.953. The lowest BCUT2D eigenvalue weighted by Crippen LogP contribution is -2.48. The highest BCUT2D eigenvalue weighted by Gasteiger charge is 2.35. The van der Waals surface area contributed by atoms with Gasteiger partial charge in [-0.3, -0.25) is 4.79 Å². The molecule has 4 N–H and O–H groups in total. The largest absolute Gasteiger partial charge is 0.481 e. The van der Waals surface area contributed by atoms with Crippen LogP contribution in [-0.2, 0) is 14.3 Å². The molecular weight excluding hydrogens is 340 g/mol. The molecule has 1 rings (SSSR count). The molecule has 154 valence electrons. The zero-order valence-corrected chi connectivity index (χ0v) is 16.0. The van der Waals surface area contributed by atoms with E-state index in [1.165, 1.54) is 0 Å². The number of ether oxygens (including phenoxy) is 2. The van der Waals surface area contributed by atoms with E-state index in [-0.39, 0.29) is 25.0 Å². The van der Waals surface area contributed by atoms with Gasteiger partial charge in [0.1, 0.15) is 6.10 Å². The van der Waals surface area contributed by atoms with Gasteiger partial charge in [0.05, 0.1) is 30.8 Å². The molecular formula is C19H36O7. The highest BCUT2D eigenvalue weighted by molar-refractivity contribution is 5.67. The van der Waals surface area contributed by atoms with E-state index in [1.54, 1.807) is 6.92 Å². The first kappa shape index (κ1) is 23.3. The summed E-state index contributed by atoms with van der Waals surface area (Å²) in [5.41, 5.74) is 0. The fourth-order valence-corrected chi connectivity index (χ4v) is 3.19. The predicted octanol–water partition coefficient (Wildman–Crippen LogP) is 2.20. The summed E-state index contributed by atoms with van der Waals surface area (Å²) in [6.07, 6.45) is 4.54. The van der Waals surface area contributed by atoms with E-state index < -0.39 is 30.6 Å². The van der Waals surface area contributed by atoms with Crippen LogP contribution in [0, 0.1) is 0 Å². The van der Waals surface area contributed by atoms with Gasteiger partial charge in [0.25, 0.3) is 0 Å². The fourth-order valence-electron chi connectivity index (χ4n) is 3.19. The number of aliphatic carboxylic acids is 1. The van der Waals surface area contributed by atoms with E-state index in [4.69, 9.17) is 14.6 Å². The van der Waals surface area contributed by atoms with Gasteiger partial charge >= 0.3 is 5.97 Å². The topological polar surface area (TPSA) is 116 Å². The number of aliphatic hydroxyl groups is 3. The summed E-state index contributed by atoms with van der Waals surface area (Å²) in [6, 6.07) is 0. The van der Waals surface area contributed by atoms with Crippen LogP contribution in [0.15, 0.2) is 0 Å². The molecule has 1 aliphatic heterocycles. The van der Waals surface area contributed by atoms with Crippen LogP contribution in [0.5, 0.6) is 0 Å². The van der Waals surface area contributed by atoms with E-state index in [1.807, 2.05) is 6.92 Å². The number of carbonyl (C=O) groups is 1. The molecule has 7 heteroatoms. The van der Waals surface area contributed by atoms with Crippen LogP contribution in [-0.4, -0.2) is 63.2 Å². The zero-order valence-electron chi connectivity index (χ0n) is 16.0.